The lowest BCUT2D eigenvalue weighted by Crippen LogP contribution is -2.21. The maximum Gasteiger partial charge on any atom is 0.340 e. The van der Waals surface area contributed by atoms with Gasteiger partial charge in [-0.1, -0.05) is 11.6 Å². The lowest BCUT2D eigenvalue weighted by molar-refractivity contribution is -0.115. The molecule has 0 aliphatic rings. The van der Waals surface area contributed by atoms with E-state index in [0.29, 0.717) is 33.2 Å². The number of rotatable bonds is 5. The molecule has 1 heterocycles. The van der Waals surface area contributed by atoms with Crippen molar-refractivity contribution in [1.82, 2.24) is 0 Å². The molecule has 7 nitrogen and oxygen atoms in total. The fraction of sp³-hybridized carbons (Fsp3) is 0.238. The normalized spacial score (nSPS) is 10.8. The number of phenolic OH excluding ortho intramolecular Hbond substituents is 1. The molecule has 0 fully saturated rings. The van der Waals surface area contributed by atoms with Crippen molar-refractivity contribution in [2.24, 2.45) is 0 Å². The Bertz CT molecular complexity index is 1170. The van der Waals surface area contributed by atoms with E-state index in [1.807, 2.05) is 0 Å². The summed E-state index contributed by atoms with van der Waals surface area (Å²) in [5, 5.41) is 13.6. The Morgan fingerprint density at radius 2 is 1.83 bits per heavy atom. The summed E-state index contributed by atoms with van der Waals surface area (Å²) < 4.78 is 15.7. The Balaban J connectivity index is 1.95. The second kappa shape index (κ2) is 8.05. The monoisotopic (exact) mass is 417 g/mol. The Morgan fingerprint density at radius 3 is 2.48 bits per heavy atom. The second-order valence-electron chi connectivity index (χ2n) is 6.56. The van der Waals surface area contributed by atoms with Crippen molar-refractivity contribution in [3.8, 4) is 17.2 Å². The van der Waals surface area contributed by atoms with Crippen LogP contribution in [0.2, 0.25) is 5.02 Å². The summed E-state index contributed by atoms with van der Waals surface area (Å²) in [6.45, 7) is 3.45. The van der Waals surface area contributed by atoms with Crippen molar-refractivity contribution in [2.45, 2.75) is 20.3 Å². The van der Waals surface area contributed by atoms with Crippen LogP contribution in [0.25, 0.3) is 11.0 Å². The van der Waals surface area contributed by atoms with Gasteiger partial charge in [0.2, 0.25) is 5.91 Å². The third kappa shape index (κ3) is 4.00. The third-order valence-corrected chi connectivity index (χ3v) is 4.88. The number of hydrogen-bond acceptors (Lipinski definition) is 6. The van der Waals surface area contributed by atoms with Crippen LogP contribution in [-0.4, -0.2) is 25.2 Å². The molecule has 8 heteroatoms. The number of hydrogen-bond donors (Lipinski definition) is 2. The van der Waals surface area contributed by atoms with Gasteiger partial charge in [0.05, 0.1) is 42.3 Å². The van der Waals surface area contributed by atoms with Gasteiger partial charge in [-0.2, -0.15) is 0 Å². The molecule has 152 valence electrons. The molecule has 0 radical (unpaired) electrons. The van der Waals surface area contributed by atoms with Crippen LogP contribution in [0.15, 0.2) is 33.5 Å². The van der Waals surface area contributed by atoms with Crippen LogP contribution in [0, 0.1) is 13.8 Å². The van der Waals surface area contributed by atoms with Gasteiger partial charge in [-0.05, 0) is 43.2 Å². The number of anilines is 1. The molecule has 0 unspecified atom stereocenters. The van der Waals surface area contributed by atoms with Gasteiger partial charge in [0.25, 0.3) is 0 Å². The first kappa shape index (κ1) is 20.5. The molecule has 0 saturated carbocycles. The number of benzene rings is 2. The summed E-state index contributed by atoms with van der Waals surface area (Å²) in [5.41, 5.74) is 1.39. The fourth-order valence-electron chi connectivity index (χ4n) is 3.17. The van der Waals surface area contributed by atoms with E-state index in [1.165, 1.54) is 20.3 Å². The number of amides is 1. The Hall–Kier alpha value is -3.19. The average molecular weight is 418 g/mol. The van der Waals surface area contributed by atoms with Crippen LogP contribution in [0.1, 0.15) is 16.7 Å². The van der Waals surface area contributed by atoms with E-state index in [2.05, 4.69) is 5.32 Å². The smallest absolute Gasteiger partial charge is 0.340 e. The van der Waals surface area contributed by atoms with Crippen LogP contribution < -0.4 is 20.4 Å². The minimum atomic E-state index is -0.630. The van der Waals surface area contributed by atoms with E-state index in [9.17, 15) is 14.7 Å². The fourth-order valence-corrected chi connectivity index (χ4v) is 3.42. The first-order valence-electron chi connectivity index (χ1n) is 8.72. The molecule has 0 spiro atoms. The summed E-state index contributed by atoms with van der Waals surface area (Å²) in [7, 11) is 2.92. The highest BCUT2D eigenvalue weighted by molar-refractivity contribution is 6.32. The van der Waals surface area contributed by atoms with Gasteiger partial charge in [0, 0.05) is 6.07 Å². The summed E-state index contributed by atoms with van der Waals surface area (Å²) in [6, 6.07) is 6.29. The molecule has 3 aromatic rings. The lowest BCUT2D eigenvalue weighted by Gasteiger charge is -2.14. The maximum atomic E-state index is 12.6. The first-order valence-corrected chi connectivity index (χ1v) is 9.10. The molecule has 29 heavy (non-hydrogen) atoms. The average Bonchev–Trinajstić information content (AvgIpc) is 2.64. The van der Waals surface area contributed by atoms with Crippen molar-refractivity contribution in [3.63, 3.8) is 0 Å². The highest BCUT2D eigenvalue weighted by Gasteiger charge is 2.19. The topological polar surface area (TPSA) is 98.0 Å². The number of halogens is 1. The van der Waals surface area contributed by atoms with Crippen LogP contribution in [0.4, 0.5) is 5.69 Å². The van der Waals surface area contributed by atoms with Crippen molar-refractivity contribution in [3.05, 3.63) is 56.4 Å². The third-order valence-electron chi connectivity index (χ3n) is 4.59. The minimum absolute atomic E-state index is 0.00786. The Kier molecular flexibility index (Phi) is 5.70. The quantitative estimate of drug-likeness (QED) is 0.609. The highest BCUT2D eigenvalue weighted by atomic mass is 35.5. The molecular formula is C21H20ClNO6. The molecule has 2 aromatic carbocycles. The number of carbonyl (C=O) groups is 1. The lowest BCUT2D eigenvalue weighted by atomic mass is 10.0. The SMILES string of the molecule is COc1cc(OC)c(NC(=O)Cc2c(C)c3c(O)cc(C)cc3oc2=O)cc1Cl. The second-order valence-corrected chi connectivity index (χ2v) is 6.97. The number of aryl methyl sites for hydroxylation is 2. The predicted molar refractivity (Wildman–Crippen MR) is 111 cm³/mol. The zero-order valence-electron chi connectivity index (χ0n) is 16.4. The van der Waals surface area contributed by atoms with E-state index < -0.39 is 11.5 Å². The number of carbonyl (C=O) groups excluding carboxylic acids is 1. The largest absolute Gasteiger partial charge is 0.507 e. The van der Waals surface area contributed by atoms with Crippen LogP contribution in [0.5, 0.6) is 17.2 Å². The summed E-state index contributed by atoms with van der Waals surface area (Å²) in [4.78, 5) is 25.0. The van der Waals surface area contributed by atoms with E-state index in [1.54, 1.807) is 32.0 Å². The number of fused-ring (bicyclic) bond motifs is 1. The van der Waals surface area contributed by atoms with Gasteiger partial charge in [0.15, 0.2) is 0 Å². The van der Waals surface area contributed by atoms with Crippen LogP contribution in [-0.2, 0) is 11.2 Å². The molecule has 1 amide bonds. The van der Waals surface area contributed by atoms with Gasteiger partial charge < -0.3 is 24.3 Å². The standard InChI is InChI=1S/C21H20ClNO6/c1-10-5-15(24)20-11(2)12(21(26)29-18(20)6-10)7-19(25)23-14-8-13(22)16(27-3)9-17(14)28-4/h5-6,8-9,24H,7H2,1-4H3,(H,23,25). The molecule has 0 saturated heterocycles. The molecule has 0 atom stereocenters. The molecule has 2 N–H and O–H groups in total. The zero-order valence-corrected chi connectivity index (χ0v) is 17.1. The van der Waals surface area contributed by atoms with E-state index in [-0.39, 0.29) is 23.3 Å². The minimum Gasteiger partial charge on any atom is -0.507 e. The van der Waals surface area contributed by atoms with E-state index in [4.69, 9.17) is 25.5 Å². The van der Waals surface area contributed by atoms with Crippen molar-refractivity contribution in [2.75, 3.05) is 19.5 Å². The molecule has 3 rings (SSSR count). The van der Waals surface area contributed by atoms with Crippen LogP contribution in [0.3, 0.4) is 0 Å². The summed E-state index contributed by atoms with van der Waals surface area (Å²) in [6.07, 6.45) is -0.246. The molecule has 0 aliphatic carbocycles. The predicted octanol–water partition coefficient (Wildman–Crippen LogP) is 3.97. The van der Waals surface area contributed by atoms with Gasteiger partial charge in [-0.3, -0.25) is 4.79 Å². The van der Waals surface area contributed by atoms with Crippen molar-refractivity contribution < 1.29 is 23.8 Å². The van der Waals surface area contributed by atoms with Crippen molar-refractivity contribution >= 4 is 34.2 Å². The number of aromatic hydroxyl groups is 1. The maximum absolute atomic E-state index is 12.6. The summed E-state index contributed by atoms with van der Waals surface area (Å²) in [5.74, 6) is 0.283. The zero-order chi connectivity index (χ0) is 21.3. The molecule has 0 aliphatic heterocycles. The Morgan fingerprint density at radius 1 is 1.14 bits per heavy atom. The van der Waals surface area contributed by atoms with Gasteiger partial charge >= 0.3 is 5.63 Å². The highest BCUT2D eigenvalue weighted by Crippen LogP contribution is 2.36. The van der Waals surface area contributed by atoms with E-state index in [0.717, 1.165) is 5.56 Å². The number of methoxy groups -OCH3 is 2. The summed E-state index contributed by atoms with van der Waals surface area (Å²) >= 11 is 6.12. The number of nitrogens with one attached hydrogen (secondary N) is 1. The van der Waals surface area contributed by atoms with Crippen LogP contribution >= 0.6 is 11.6 Å². The number of ether oxygens (including phenoxy) is 2. The van der Waals surface area contributed by atoms with Gasteiger partial charge in [0.1, 0.15) is 22.8 Å². The first-order chi connectivity index (χ1) is 13.7. The molecular weight excluding hydrogens is 398 g/mol. The van der Waals surface area contributed by atoms with E-state index >= 15 is 0 Å². The van der Waals surface area contributed by atoms with Gasteiger partial charge in [-0.15, -0.1) is 0 Å². The number of phenols is 1. The van der Waals surface area contributed by atoms with Crippen molar-refractivity contribution in [1.29, 1.82) is 0 Å². The van der Waals surface area contributed by atoms with Gasteiger partial charge in [-0.25, -0.2) is 4.79 Å². The molecule has 0 bridgehead atoms. The Labute approximate surface area is 171 Å². The molecule has 1 aromatic heterocycles.